The SMILES string of the molecule is COC(=O)c1ccc([C@H](c2ccc(OC)cc2)C(F)(F)F)cc1. The average Bonchev–Trinajstić information content (AvgIpc) is 2.54. The Balaban J connectivity index is 2.40. The fourth-order valence-electron chi connectivity index (χ4n) is 2.30. The maximum absolute atomic E-state index is 13.5. The topological polar surface area (TPSA) is 35.5 Å². The van der Waals surface area contributed by atoms with Crippen LogP contribution in [0.2, 0.25) is 0 Å². The van der Waals surface area contributed by atoms with E-state index in [0.29, 0.717) is 5.75 Å². The molecule has 6 heteroatoms. The van der Waals surface area contributed by atoms with Gasteiger partial charge in [-0.3, -0.25) is 0 Å². The molecule has 0 aromatic heterocycles. The lowest BCUT2D eigenvalue weighted by molar-refractivity contribution is -0.141. The van der Waals surface area contributed by atoms with E-state index in [4.69, 9.17) is 4.74 Å². The number of esters is 1. The van der Waals surface area contributed by atoms with Crippen molar-refractivity contribution in [1.29, 1.82) is 0 Å². The van der Waals surface area contributed by atoms with E-state index < -0.39 is 18.1 Å². The van der Waals surface area contributed by atoms with Crippen LogP contribution in [-0.2, 0) is 4.74 Å². The van der Waals surface area contributed by atoms with Crippen molar-refractivity contribution in [2.24, 2.45) is 0 Å². The van der Waals surface area contributed by atoms with Crippen molar-refractivity contribution in [3.8, 4) is 5.75 Å². The van der Waals surface area contributed by atoms with E-state index in [1.54, 1.807) is 0 Å². The van der Waals surface area contributed by atoms with Crippen LogP contribution in [0, 0.1) is 0 Å². The summed E-state index contributed by atoms with van der Waals surface area (Å²) < 4.78 is 49.9. The fourth-order valence-corrected chi connectivity index (χ4v) is 2.30. The van der Waals surface area contributed by atoms with Gasteiger partial charge in [-0.2, -0.15) is 13.2 Å². The molecule has 2 aromatic carbocycles. The van der Waals surface area contributed by atoms with Crippen molar-refractivity contribution in [3.63, 3.8) is 0 Å². The number of hydrogen-bond donors (Lipinski definition) is 0. The molecule has 2 aromatic rings. The second-order valence-electron chi connectivity index (χ2n) is 4.86. The van der Waals surface area contributed by atoms with Gasteiger partial charge >= 0.3 is 12.1 Å². The molecule has 3 nitrogen and oxygen atoms in total. The van der Waals surface area contributed by atoms with Crippen LogP contribution in [0.1, 0.15) is 27.4 Å². The largest absolute Gasteiger partial charge is 0.497 e. The van der Waals surface area contributed by atoms with Gasteiger partial charge in [0.05, 0.1) is 19.8 Å². The lowest BCUT2D eigenvalue weighted by Crippen LogP contribution is -2.22. The lowest BCUT2D eigenvalue weighted by atomic mass is 9.90. The van der Waals surface area contributed by atoms with Crippen LogP contribution < -0.4 is 4.74 Å². The normalized spacial score (nSPS) is 12.6. The smallest absolute Gasteiger partial charge is 0.399 e. The molecule has 2 rings (SSSR count). The van der Waals surface area contributed by atoms with Gasteiger partial charge in [-0.25, -0.2) is 4.79 Å². The molecule has 0 aliphatic heterocycles. The average molecular weight is 324 g/mol. The molecule has 0 bridgehead atoms. The van der Waals surface area contributed by atoms with Gasteiger partial charge in [-0.1, -0.05) is 24.3 Å². The molecule has 1 atom stereocenters. The molecule has 0 amide bonds. The number of carbonyl (C=O) groups excluding carboxylic acids is 1. The monoisotopic (exact) mass is 324 g/mol. The maximum Gasteiger partial charge on any atom is 0.399 e. The summed E-state index contributed by atoms with van der Waals surface area (Å²) in [5, 5.41) is 0. The summed E-state index contributed by atoms with van der Waals surface area (Å²) in [4.78, 5) is 11.4. The Kier molecular flexibility index (Phi) is 4.93. The van der Waals surface area contributed by atoms with Crippen LogP contribution >= 0.6 is 0 Å². The van der Waals surface area contributed by atoms with Gasteiger partial charge < -0.3 is 9.47 Å². The first-order chi connectivity index (χ1) is 10.9. The summed E-state index contributed by atoms with van der Waals surface area (Å²) in [5.41, 5.74) is 0.353. The molecule has 0 saturated carbocycles. The van der Waals surface area contributed by atoms with Gasteiger partial charge in [0.15, 0.2) is 0 Å². The predicted molar refractivity (Wildman–Crippen MR) is 78.7 cm³/mol. The van der Waals surface area contributed by atoms with Crippen LogP contribution in [-0.4, -0.2) is 26.4 Å². The molecule has 122 valence electrons. The Morgan fingerprint density at radius 1 is 0.913 bits per heavy atom. The number of alkyl halides is 3. The van der Waals surface area contributed by atoms with E-state index in [-0.39, 0.29) is 16.7 Å². The molecule has 0 unspecified atom stereocenters. The van der Waals surface area contributed by atoms with E-state index in [2.05, 4.69) is 4.74 Å². The summed E-state index contributed by atoms with van der Waals surface area (Å²) in [6.07, 6.45) is -4.46. The minimum Gasteiger partial charge on any atom is -0.497 e. The van der Waals surface area contributed by atoms with Crippen LogP contribution in [0.3, 0.4) is 0 Å². The van der Waals surface area contributed by atoms with Crippen LogP contribution in [0.15, 0.2) is 48.5 Å². The first kappa shape index (κ1) is 16.9. The Hall–Kier alpha value is -2.50. The Morgan fingerprint density at radius 3 is 1.78 bits per heavy atom. The van der Waals surface area contributed by atoms with E-state index >= 15 is 0 Å². The molecule has 0 aliphatic rings. The van der Waals surface area contributed by atoms with Crippen LogP contribution in [0.4, 0.5) is 13.2 Å². The summed E-state index contributed by atoms with van der Waals surface area (Å²) in [5.74, 6) is -1.89. The molecule has 0 saturated heterocycles. The third-order valence-electron chi connectivity index (χ3n) is 3.44. The Morgan fingerprint density at radius 2 is 1.39 bits per heavy atom. The van der Waals surface area contributed by atoms with Crippen molar-refractivity contribution in [2.45, 2.75) is 12.1 Å². The van der Waals surface area contributed by atoms with Crippen molar-refractivity contribution < 1.29 is 27.4 Å². The third kappa shape index (κ3) is 3.83. The van der Waals surface area contributed by atoms with E-state index in [1.165, 1.54) is 62.8 Å². The number of halogens is 3. The number of ether oxygens (including phenoxy) is 2. The molecule has 0 radical (unpaired) electrons. The highest BCUT2D eigenvalue weighted by Gasteiger charge is 2.41. The molecule has 0 aliphatic carbocycles. The minimum atomic E-state index is -4.46. The summed E-state index contributed by atoms with van der Waals surface area (Å²) in [6.45, 7) is 0. The first-order valence-electron chi connectivity index (χ1n) is 6.75. The first-order valence-corrected chi connectivity index (χ1v) is 6.75. The van der Waals surface area contributed by atoms with Crippen molar-refractivity contribution in [3.05, 3.63) is 65.2 Å². The van der Waals surface area contributed by atoms with Crippen molar-refractivity contribution in [1.82, 2.24) is 0 Å². The highest BCUT2D eigenvalue weighted by Crippen LogP contribution is 2.40. The highest BCUT2D eigenvalue weighted by molar-refractivity contribution is 5.89. The molecule has 0 heterocycles. The predicted octanol–water partition coefficient (Wildman–Crippen LogP) is 4.18. The summed E-state index contributed by atoms with van der Waals surface area (Å²) in [6, 6.07) is 10.9. The standard InChI is InChI=1S/C17H15F3O3/c1-22-14-9-7-12(8-10-14)15(17(18,19)20)11-3-5-13(6-4-11)16(21)23-2/h3-10,15H,1-2H3/t15-/m1/s1. The van der Waals surface area contributed by atoms with E-state index in [0.717, 1.165) is 0 Å². The molecule has 0 fully saturated rings. The van der Waals surface area contributed by atoms with Crippen LogP contribution in [0.25, 0.3) is 0 Å². The fraction of sp³-hybridized carbons (Fsp3) is 0.235. The molecular weight excluding hydrogens is 309 g/mol. The van der Waals surface area contributed by atoms with Crippen LogP contribution in [0.5, 0.6) is 5.75 Å². The minimum absolute atomic E-state index is 0.0512. The summed E-state index contributed by atoms with van der Waals surface area (Å²) in [7, 11) is 2.66. The quantitative estimate of drug-likeness (QED) is 0.792. The van der Waals surface area contributed by atoms with Gasteiger partial charge in [0.1, 0.15) is 11.7 Å². The van der Waals surface area contributed by atoms with Crippen molar-refractivity contribution in [2.75, 3.05) is 14.2 Å². The summed E-state index contributed by atoms with van der Waals surface area (Å²) >= 11 is 0. The van der Waals surface area contributed by atoms with Gasteiger partial charge in [0.2, 0.25) is 0 Å². The zero-order chi connectivity index (χ0) is 17.0. The molecule has 0 spiro atoms. The number of benzene rings is 2. The number of carbonyl (C=O) groups is 1. The second-order valence-corrected chi connectivity index (χ2v) is 4.86. The highest BCUT2D eigenvalue weighted by atomic mass is 19.4. The van der Waals surface area contributed by atoms with E-state index in [1.807, 2.05) is 0 Å². The van der Waals surface area contributed by atoms with Crippen molar-refractivity contribution >= 4 is 5.97 Å². The number of rotatable bonds is 4. The number of methoxy groups -OCH3 is 2. The molecule has 23 heavy (non-hydrogen) atoms. The van der Waals surface area contributed by atoms with Gasteiger partial charge in [0.25, 0.3) is 0 Å². The Labute approximate surface area is 131 Å². The van der Waals surface area contributed by atoms with Gasteiger partial charge in [0, 0.05) is 0 Å². The zero-order valence-corrected chi connectivity index (χ0v) is 12.6. The zero-order valence-electron chi connectivity index (χ0n) is 12.6. The van der Waals surface area contributed by atoms with E-state index in [9.17, 15) is 18.0 Å². The van der Waals surface area contributed by atoms with Gasteiger partial charge in [-0.15, -0.1) is 0 Å². The maximum atomic E-state index is 13.5. The number of hydrogen-bond acceptors (Lipinski definition) is 3. The molecule has 0 N–H and O–H groups in total. The molecular formula is C17H15F3O3. The lowest BCUT2D eigenvalue weighted by Gasteiger charge is -2.21. The van der Waals surface area contributed by atoms with Gasteiger partial charge in [-0.05, 0) is 35.4 Å². The Bertz CT molecular complexity index is 661. The second kappa shape index (κ2) is 6.73. The third-order valence-corrected chi connectivity index (χ3v) is 3.44.